The topological polar surface area (TPSA) is 33.3 Å². The molecule has 2 N–H and O–H groups in total. The summed E-state index contributed by atoms with van der Waals surface area (Å²) in [5.74, 6) is 2.13. The molecule has 0 heterocycles. The van der Waals surface area contributed by atoms with Crippen molar-refractivity contribution in [3.8, 4) is 5.75 Å². The third kappa shape index (κ3) is 4.51. The molecule has 0 bridgehead atoms. The van der Waals surface area contributed by atoms with Crippen molar-refractivity contribution in [2.24, 2.45) is 11.8 Å². The predicted molar refractivity (Wildman–Crippen MR) is 81.7 cm³/mol. The number of nitrogens with one attached hydrogen (secondary N) is 2. The van der Waals surface area contributed by atoms with Crippen molar-refractivity contribution >= 4 is 0 Å². The fourth-order valence-corrected chi connectivity index (χ4v) is 2.54. The minimum Gasteiger partial charge on any atom is -0.494 e. The molecule has 0 aliphatic carbocycles. The molecule has 0 aliphatic rings. The minimum atomic E-state index is 0.364. The summed E-state index contributed by atoms with van der Waals surface area (Å²) in [6, 6.07) is 8.80. The molecule has 108 valence electrons. The lowest BCUT2D eigenvalue weighted by molar-refractivity contribution is 0.284. The van der Waals surface area contributed by atoms with Gasteiger partial charge in [-0.15, -0.1) is 0 Å². The van der Waals surface area contributed by atoms with E-state index in [1.54, 1.807) is 0 Å². The van der Waals surface area contributed by atoms with E-state index in [1.807, 2.05) is 21.0 Å². The fourth-order valence-electron chi connectivity index (χ4n) is 2.54. The highest BCUT2D eigenvalue weighted by atomic mass is 16.5. The number of hydrogen-bond donors (Lipinski definition) is 2. The van der Waals surface area contributed by atoms with E-state index in [0.717, 1.165) is 12.3 Å². The van der Waals surface area contributed by atoms with Crippen molar-refractivity contribution in [1.82, 2.24) is 10.6 Å². The van der Waals surface area contributed by atoms with Gasteiger partial charge < -0.3 is 15.4 Å². The van der Waals surface area contributed by atoms with Crippen molar-refractivity contribution in [3.05, 3.63) is 29.8 Å². The van der Waals surface area contributed by atoms with E-state index in [4.69, 9.17) is 4.74 Å². The summed E-state index contributed by atoms with van der Waals surface area (Å²) in [6.45, 7) is 8.29. The van der Waals surface area contributed by atoms with Crippen LogP contribution in [0.4, 0.5) is 0 Å². The number of benzene rings is 1. The maximum absolute atomic E-state index is 5.50. The zero-order valence-corrected chi connectivity index (χ0v) is 12.9. The fraction of sp³-hybridized carbons (Fsp3) is 0.625. The van der Waals surface area contributed by atoms with Gasteiger partial charge >= 0.3 is 0 Å². The Kier molecular flexibility index (Phi) is 6.89. The molecule has 3 nitrogen and oxygen atoms in total. The van der Waals surface area contributed by atoms with Gasteiger partial charge in [-0.05, 0) is 57.1 Å². The summed E-state index contributed by atoms with van der Waals surface area (Å²) in [5, 5.41) is 6.76. The standard InChI is InChI=1S/C16H28N2O/c1-6-19-14-9-7-13(8-10-14)16(18-5)15(11-17-4)12(2)3/h7-10,12,15-18H,6,11H2,1-5H3. The predicted octanol–water partition coefficient (Wildman–Crippen LogP) is 2.84. The Bertz CT molecular complexity index is 348. The minimum absolute atomic E-state index is 0.364. The number of ether oxygens (including phenoxy) is 1. The lowest BCUT2D eigenvalue weighted by Crippen LogP contribution is -2.35. The van der Waals surface area contributed by atoms with Crippen LogP contribution >= 0.6 is 0 Å². The van der Waals surface area contributed by atoms with Gasteiger partial charge in [-0.25, -0.2) is 0 Å². The van der Waals surface area contributed by atoms with E-state index in [0.29, 0.717) is 24.5 Å². The molecule has 1 aromatic rings. The monoisotopic (exact) mass is 264 g/mol. The van der Waals surface area contributed by atoms with Gasteiger partial charge in [-0.1, -0.05) is 26.0 Å². The second kappa shape index (κ2) is 8.18. The summed E-state index contributed by atoms with van der Waals surface area (Å²) in [6.07, 6.45) is 0. The Balaban J connectivity index is 2.88. The highest BCUT2D eigenvalue weighted by Gasteiger charge is 2.24. The Morgan fingerprint density at radius 1 is 1.11 bits per heavy atom. The molecule has 2 unspecified atom stereocenters. The van der Waals surface area contributed by atoms with E-state index in [9.17, 15) is 0 Å². The van der Waals surface area contributed by atoms with Crippen molar-refractivity contribution in [3.63, 3.8) is 0 Å². The molecule has 0 saturated carbocycles. The van der Waals surface area contributed by atoms with Gasteiger partial charge in [0.05, 0.1) is 6.61 Å². The maximum Gasteiger partial charge on any atom is 0.119 e. The Hall–Kier alpha value is -1.06. The summed E-state index contributed by atoms with van der Waals surface area (Å²) >= 11 is 0. The van der Waals surface area contributed by atoms with E-state index in [1.165, 1.54) is 5.56 Å². The molecule has 1 aromatic carbocycles. The molecular formula is C16H28N2O. The second-order valence-electron chi connectivity index (χ2n) is 5.23. The van der Waals surface area contributed by atoms with Crippen LogP contribution in [-0.2, 0) is 0 Å². The lowest BCUT2D eigenvalue weighted by Gasteiger charge is -2.30. The quantitative estimate of drug-likeness (QED) is 0.757. The molecule has 0 fully saturated rings. The zero-order chi connectivity index (χ0) is 14.3. The third-order valence-corrected chi connectivity index (χ3v) is 3.59. The lowest BCUT2D eigenvalue weighted by atomic mass is 9.84. The summed E-state index contributed by atoms with van der Waals surface area (Å²) in [5.41, 5.74) is 1.32. The highest BCUT2D eigenvalue weighted by molar-refractivity contribution is 5.29. The van der Waals surface area contributed by atoms with Gasteiger partial charge in [-0.2, -0.15) is 0 Å². The first-order valence-corrected chi connectivity index (χ1v) is 7.18. The van der Waals surface area contributed by atoms with Crippen LogP contribution in [0.1, 0.15) is 32.4 Å². The van der Waals surface area contributed by atoms with Crippen LogP contribution in [0.3, 0.4) is 0 Å². The third-order valence-electron chi connectivity index (χ3n) is 3.59. The van der Waals surface area contributed by atoms with Crippen LogP contribution in [0.25, 0.3) is 0 Å². The molecular weight excluding hydrogens is 236 g/mol. The summed E-state index contributed by atoms with van der Waals surface area (Å²) in [7, 11) is 4.05. The van der Waals surface area contributed by atoms with Gasteiger partial charge in [0.2, 0.25) is 0 Å². The first kappa shape index (κ1) is 16.0. The van der Waals surface area contributed by atoms with Gasteiger partial charge in [0, 0.05) is 6.04 Å². The molecule has 0 radical (unpaired) electrons. The molecule has 2 atom stereocenters. The van der Waals surface area contributed by atoms with Crippen molar-refractivity contribution in [2.45, 2.75) is 26.8 Å². The first-order chi connectivity index (χ1) is 9.13. The summed E-state index contributed by atoms with van der Waals surface area (Å²) in [4.78, 5) is 0. The molecule has 1 rings (SSSR count). The van der Waals surface area contributed by atoms with Gasteiger partial charge in [0.25, 0.3) is 0 Å². The van der Waals surface area contributed by atoms with Crippen molar-refractivity contribution < 1.29 is 4.74 Å². The zero-order valence-electron chi connectivity index (χ0n) is 12.9. The van der Waals surface area contributed by atoms with Crippen LogP contribution in [0.15, 0.2) is 24.3 Å². The first-order valence-electron chi connectivity index (χ1n) is 7.18. The molecule has 19 heavy (non-hydrogen) atoms. The number of hydrogen-bond acceptors (Lipinski definition) is 3. The van der Waals surface area contributed by atoms with E-state index in [-0.39, 0.29) is 0 Å². The summed E-state index contributed by atoms with van der Waals surface area (Å²) < 4.78 is 5.50. The van der Waals surface area contributed by atoms with Crippen LogP contribution < -0.4 is 15.4 Å². The van der Waals surface area contributed by atoms with E-state index in [2.05, 4.69) is 48.7 Å². The van der Waals surface area contributed by atoms with Gasteiger partial charge in [0.15, 0.2) is 0 Å². The van der Waals surface area contributed by atoms with Crippen molar-refractivity contribution in [2.75, 3.05) is 27.2 Å². The molecule has 0 spiro atoms. The normalized spacial score (nSPS) is 14.4. The van der Waals surface area contributed by atoms with Crippen LogP contribution in [-0.4, -0.2) is 27.2 Å². The smallest absolute Gasteiger partial charge is 0.119 e. The SMILES string of the molecule is CCOc1ccc(C(NC)C(CNC)C(C)C)cc1. The average molecular weight is 264 g/mol. The van der Waals surface area contributed by atoms with Crippen LogP contribution in [0.2, 0.25) is 0 Å². The molecule has 3 heteroatoms. The van der Waals surface area contributed by atoms with Crippen LogP contribution in [0, 0.1) is 11.8 Å². The maximum atomic E-state index is 5.50. The Labute approximate surface area is 117 Å². The van der Waals surface area contributed by atoms with E-state index >= 15 is 0 Å². The average Bonchev–Trinajstić information content (AvgIpc) is 2.40. The Morgan fingerprint density at radius 2 is 1.74 bits per heavy atom. The van der Waals surface area contributed by atoms with Crippen LogP contribution in [0.5, 0.6) is 5.75 Å². The molecule has 0 aliphatic heterocycles. The van der Waals surface area contributed by atoms with Gasteiger partial charge in [0.1, 0.15) is 5.75 Å². The molecule has 0 saturated heterocycles. The second-order valence-corrected chi connectivity index (χ2v) is 5.23. The van der Waals surface area contributed by atoms with E-state index < -0.39 is 0 Å². The number of rotatable bonds is 8. The van der Waals surface area contributed by atoms with Crippen molar-refractivity contribution in [1.29, 1.82) is 0 Å². The largest absolute Gasteiger partial charge is 0.494 e. The van der Waals surface area contributed by atoms with Gasteiger partial charge in [-0.3, -0.25) is 0 Å². The molecule has 0 aromatic heterocycles. The highest BCUT2D eigenvalue weighted by Crippen LogP contribution is 2.28. The molecule has 0 amide bonds. The Morgan fingerprint density at radius 3 is 2.16 bits per heavy atom.